The molecule has 0 aromatic heterocycles. The van der Waals surface area contributed by atoms with Gasteiger partial charge >= 0.3 is 6.09 Å². The van der Waals surface area contributed by atoms with Crippen LogP contribution >= 0.6 is 0 Å². The zero-order valence-corrected chi connectivity index (χ0v) is 11.3. The summed E-state index contributed by atoms with van der Waals surface area (Å²) in [7, 11) is 0. The number of nitrogens with zero attached hydrogens (tertiary/aromatic N) is 1. The van der Waals surface area contributed by atoms with Crippen LogP contribution in [0.5, 0.6) is 0 Å². The minimum Gasteiger partial charge on any atom is -0.444 e. The van der Waals surface area contributed by atoms with E-state index in [0.717, 1.165) is 0 Å². The molecule has 1 heterocycles. The highest BCUT2D eigenvalue weighted by Gasteiger charge is 2.35. The standard InChI is InChI=1S/C12H23FN2O2/c1-11(2,3)17-10(16)15(8-12(4,5)13)9-6-14-7-9/h9,14H,6-8H2,1-5H3. The van der Waals surface area contributed by atoms with Crippen molar-refractivity contribution in [3.63, 3.8) is 0 Å². The Morgan fingerprint density at radius 2 is 1.88 bits per heavy atom. The van der Waals surface area contributed by atoms with Crippen molar-refractivity contribution >= 4 is 6.09 Å². The third-order valence-corrected chi connectivity index (χ3v) is 2.38. The number of alkyl halides is 1. The lowest BCUT2D eigenvalue weighted by molar-refractivity contribution is -0.00336. The molecule has 0 aromatic rings. The van der Waals surface area contributed by atoms with Gasteiger partial charge in [-0.25, -0.2) is 9.18 Å². The molecule has 1 saturated heterocycles. The Labute approximate surface area is 102 Å². The summed E-state index contributed by atoms with van der Waals surface area (Å²) < 4.78 is 19.0. The number of hydrogen-bond acceptors (Lipinski definition) is 3. The third kappa shape index (κ3) is 4.89. The maximum absolute atomic E-state index is 13.7. The highest BCUT2D eigenvalue weighted by molar-refractivity contribution is 5.69. The topological polar surface area (TPSA) is 41.6 Å². The first-order valence-corrected chi connectivity index (χ1v) is 5.98. The molecule has 100 valence electrons. The van der Waals surface area contributed by atoms with Crippen molar-refractivity contribution in [2.24, 2.45) is 0 Å². The molecule has 0 aliphatic carbocycles. The summed E-state index contributed by atoms with van der Waals surface area (Å²) in [5, 5.41) is 3.07. The fourth-order valence-corrected chi connectivity index (χ4v) is 1.56. The van der Waals surface area contributed by atoms with Crippen molar-refractivity contribution in [1.29, 1.82) is 0 Å². The molecule has 0 atom stereocenters. The van der Waals surface area contributed by atoms with E-state index in [-0.39, 0.29) is 12.6 Å². The lowest BCUT2D eigenvalue weighted by Crippen LogP contribution is -2.61. The highest BCUT2D eigenvalue weighted by atomic mass is 19.1. The fraction of sp³-hybridized carbons (Fsp3) is 0.917. The predicted molar refractivity (Wildman–Crippen MR) is 64.8 cm³/mol. The van der Waals surface area contributed by atoms with Gasteiger partial charge < -0.3 is 10.1 Å². The molecule has 1 amide bonds. The first-order chi connectivity index (χ1) is 7.58. The van der Waals surface area contributed by atoms with Crippen LogP contribution in [0.25, 0.3) is 0 Å². The number of carbonyl (C=O) groups excluding carboxylic acids is 1. The first-order valence-electron chi connectivity index (χ1n) is 5.98. The van der Waals surface area contributed by atoms with E-state index in [4.69, 9.17) is 4.74 Å². The summed E-state index contributed by atoms with van der Waals surface area (Å²) >= 11 is 0. The van der Waals surface area contributed by atoms with Crippen molar-refractivity contribution < 1.29 is 13.9 Å². The van der Waals surface area contributed by atoms with Crippen LogP contribution in [0.3, 0.4) is 0 Å². The summed E-state index contributed by atoms with van der Waals surface area (Å²) in [5.74, 6) is 0. The van der Waals surface area contributed by atoms with E-state index in [1.165, 1.54) is 18.7 Å². The number of carbonyl (C=O) groups is 1. The molecule has 0 saturated carbocycles. The van der Waals surface area contributed by atoms with Crippen molar-refractivity contribution in [3.05, 3.63) is 0 Å². The molecule has 17 heavy (non-hydrogen) atoms. The second kappa shape index (κ2) is 4.80. The first kappa shape index (κ1) is 14.2. The van der Waals surface area contributed by atoms with Gasteiger partial charge in [0.25, 0.3) is 0 Å². The molecule has 0 bridgehead atoms. The molecular weight excluding hydrogens is 223 g/mol. The summed E-state index contributed by atoms with van der Waals surface area (Å²) in [6.07, 6.45) is -0.435. The van der Waals surface area contributed by atoms with E-state index in [2.05, 4.69) is 5.32 Å². The average molecular weight is 246 g/mol. The Morgan fingerprint density at radius 1 is 1.35 bits per heavy atom. The van der Waals surface area contributed by atoms with Crippen LogP contribution in [0.15, 0.2) is 0 Å². The van der Waals surface area contributed by atoms with Gasteiger partial charge in [-0.3, -0.25) is 4.90 Å². The van der Waals surface area contributed by atoms with Gasteiger partial charge in [-0.05, 0) is 34.6 Å². The Kier molecular flexibility index (Phi) is 4.02. The Morgan fingerprint density at radius 3 is 2.18 bits per heavy atom. The zero-order valence-electron chi connectivity index (χ0n) is 11.3. The van der Waals surface area contributed by atoms with E-state index >= 15 is 0 Å². The minimum absolute atomic E-state index is 0.0416. The van der Waals surface area contributed by atoms with Gasteiger partial charge in [0.15, 0.2) is 0 Å². The lowest BCUT2D eigenvalue weighted by atomic mass is 10.1. The summed E-state index contributed by atoms with van der Waals surface area (Å²) in [6.45, 7) is 9.83. The Bertz CT molecular complexity index is 277. The molecule has 0 radical (unpaired) electrons. The highest BCUT2D eigenvalue weighted by Crippen LogP contribution is 2.18. The zero-order chi connectivity index (χ0) is 13.3. The van der Waals surface area contributed by atoms with Gasteiger partial charge in [0.05, 0.1) is 12.6 Å². The van der Waals surface area contributed by atoms with Gasteiger partial charge in [0, 0.05) is 13.1 Å². The maximum Gasteiger partial charge on any atom is 0.410 e. The fourth-order valence-electron chi connectivity index (χ4n) is 1.56. The number of hydrogen-bond donors (Lipinski definition) is 1. The van der Waals surface area contributed by atoms with E-state index in [1.807, 2.05) is 20.8 Å². The number of ether oxygens (including phenoxy) is 1. The molecule has 1 rings (SSSR count). The van der Waals surface area contributed by atoms with Crippen molar-refractivity contribution in [2.45, 2.75) is 51.9 Å². The molecule has 1 aliphatic heterocycles. The van der Waals surface area contributed by atoms with Crippen LogP contribution in [0.2, 0.25) is 0 Å². The lowest BCUT2D eigenvalue weighted by Gasteiger charge is -2.40. The molecule has 0 aromatic carbocycles. The molecule has 1 N–H and O–H groups in total. The quantitative estimate of drug-likeness (QED) is 0.827. The van der Waals surface area contributed by atoms with Gasteiger partial charge in [-0.15, -0.1) is 0 Å². The molecular formula is C12H23FN2O2. The van der Waals surface area contributed by atoms with E-state index in [1.54, 1.807) is 0 Å². The molecule has 1 aliphatic rings. The number of rotatable bonds is 3. The number of halogens is 1. The van der Waals surface area contributed by atoms with Crippen LogP contribution < -0.4 is 5.32 Å². The monoisotopic (exact) mass is 246 g/mol. The smallest absolute Gasteiger partial charge is 0.410 e. The maximum atomic E-state index is 13.7. The number of amides is 1. The predicted octanol–water partition coefficient (Wildman–Crippen LogP) is 1.94. The molecule has 0 unspecified atom stereocenters. The largest absolute Gasteiger partial charge is 0.444 e. The van der Waals surface area contributed by atoms with E-state index in [0.29, 0.717) is 13.1 Å². The van der Waals surface area contributed by atoms with Crippen molar-refractivity contribution in [3.8, 4) is 0 Å². The average Bonchev–Trinajstić information content (AvgIpc) is 1.93. The second-order valence-electron chi connectivity index (χ2n) is 6.14. The van der Waals surface area contributed by atoms with Crippen LogP contribution in [-0.4, -0.2) is 47.9 Å². The van der Waals surface area contributed by atoms with Gasteiger partial charge in [0.2, 0.25) is 0 Å². The SMILES string of the molecule is CC(C)(F)CN(C(=O)OC(C)(C)C)C1CNC1. The summed E-state index contributed by atoms with van der Waals surface area (Å²) in [4.78, 5) is 13.5. The second-order valence-corrected chi connectivity index (χ2v) is 6.14. The van der Waals surface area contributed by atoms with Gasteiger partial charge in [0.1, 0.15) is 11.3 Å². The Hall–Kier alpha value is -0.840. The van der Waals surface area contributed by atoms with Crippen LogP contribution in [0, 0.1) is 0 Å². The minimum atomic E-state index is -1.41. The molecule has 0 spiro atoms. The third-order valence-electron chi connectivity index (χ3n) is 2.38. The Balaban J connectivity index is 2.65. The van der Waals surface area contributed by atoms with Gasteiger partial charge in [-0.2, -0.15) is 0 Å². The van der Waals surface area contributed by atoms with Crippen LogP contribution in [-0.2, 0) is 4.74 Å². The van der Waals surface area contributed by atoms with Crippen LogP contribution in [0.4, 0.5) is 9.18 Å². The van der Waals surface area contributed by atoms with E-state index < -0.39 is 17.4 Å². The summed E-state index contributed by atoms with van der Waals surface area (Å²) in [6, 6.07) is 0.0416. The van der Waals surface area contributed by atoms with Crippen molar-refractivity contribution in [2.75, 3.05) is 19.6 Å². The van der Waals surface area contributed by atoms with E-state index in [9.17, 15) is 9.18 Å². The molecule has 1 fully saturated rings. The van der Waals surface area contributed by atoms with Crippen LogP contribution in [0.1, 0.15) is 34.6 Å². The van der Waals surface area contributed by atoms with Gasteiger partial charge in [-0.1, -0.05) is 0 Å². The summed E-state index contributed by atoms with van der Waals surface area (Å²) in [5.41, 5.74) is -1.96. The molecule has 4 nitrogen and oxygen atoms in total. The molecule has 5 heteroatoms. The van der Waals surface area contributed by atoms with Crippen molar-refractivity contribution in [1.82, 2.24) is 10.2 Å². The normalized spacial score (nSPS) is 17.5. The number of nitrogens with one attached hydrogen (secondary N) is 1.